The van der Waals surface area contributed by atoms with Gasteiger partial charge in [0, 0.05) is 13.0 Å². The van der Waals surface area contributed by atoms with Crippen molar-refractivity contribution in [3.8, 4) is 0 Å². The fraction of sp³-hybridized carbons (Fsp3) is 0.247. The van der Waals surface area contributed by atoms with E-state index in [0.717, 1.165) is 117 Å². The molecule has 1 atom stereocenters. The first-order chi connectivity index (χ1) is 50.5. The number of anilines is 5. The van der Waals surface area contributed by atoms with Gasteiger partial charge >= 0.3 is 0 Å². The molecule has 1 amide bonds. The van der Waals surface area contributed by atoms with Crippen molar-refractivity contribution < 1.29 is 4.79 Å². The van der Waals surface area contributed by atoms with E-state index in [9.17, 15) is 4.79 Å². The Morgan fingerprint density at radius 1 is 0.385 bits per heavy atom. The minimum absolute atomic E-state index is 0.0388. The molecule has 104 heavy (non-hydrogen) atoms. The van der Waals surface area contributed by atoms with Crippen molar-refractivity contribution >= 4 is 164 Å². The molecule has 0 fully saturated rings. The predicted octanol–water partition coefficient (Wildman–Crippen LogP) is 23.7. The van der Waals surface area contributed by atoms with Crippen LogP contribution in [0.25, 0.3) is 51.1 Å². The van der Waals surface area contributed by atoms with Crippen molar-refractivity contribution in [3.63, 3.8) is 0 Å². The number of nitrogens with zero attached hydrogens (tertiary/aromatic N) is 13. The van der Waals surface area contributed by atoms with Crippen LogP contribution in [0.15, 0.2) is 215 Å². The van der Waals surface area contributed by atoms with E-state index >= 15 is 0 Å². The maximum Gasteiger partial charge on any atom is 0.249 e. The summed E-state index contributed by atoms with van der Waals surface area (Å²) in [5, 5.41) is 30.5. The highest BCUT2D eigenvalue weighted by Gasteiger charge is 2.22. The van der Waals surface area contributed by atoms with Crippen LogP contribution in [0, 0.1) is 55.4 Å². The van der Waals surface area contributed by atoms with Gasteiger partial charge in [-0.3, -0.25) is 4.79 Å². The molecular formula is C85H89N13OS5. The van der Waals surface area contributed by atoms with Crippen LogP contribution in [0.4, 0.5) is 25.7 Å². The fourth-order valence-electron chi connectivity index (χ4n) is 11.1. The molecule has 0 spiro atoms. The monoisotopic (exact) mass is 1470 g/mol. The maximum atomic E-state index is 12.6. The highest BCUT2D eigenvalue weighted by atomic mass is 32.1. The van der Waals surface area contributed by atoms with Gasteiger partial charge in [0.15, 0.2) is 0 Å². The average molecular weight is 1470 g/mol. The Balaban J connectivity index is 0.000000139. The molecule has 0 radical (unpaired) electrons. The van der Waals surface area contributed by atoms with Gasteiger partial charge in [0.25, 0.3) is 0 Å². The van der Waals surface area contributed by atoms with Gasteiger partial charge in [0.1, 0.15) is 0 Å². The summed E-state index contributed by atoms with van der Waals surface area (Å²) in [4.78, 5) is 36.3. The van der Waals surface area contributed by atoms with Crippen LogP contribution in [0.2, 0.25) is 0 Å². The van der Waals surface area contributed by atoms with E-state index in [-0.39, 0.29) is 5.91 Å². The Kier molecular flexibility index (Phi) is 26.3. The number of aromatic nitrogens is 5. The first-order valence-electron chi connectivity index (χ1n) is 35.4. The Morgan fingerprint density at radius 2 is 0.721 bits per heavy atom. The van der Waals surface area contributed by atoms with Crippen LogP contribution in [0.1, 0.15) is 139 Å². The van der Waals surface area contributed by atoms with Crippen molar-refractivity contribution in [2.24, 2.45) is 20.4 Å². The molecule has 530 valence electrons. The van der Waals surface area contributed by atoms with E-state index in [1.807, 2.05) is 122 Å². The summed E-state index contributed by atoms with van der Waals surface area (Å²) < 4.78 is 5.73. The lowest BCUT2D eigenvalue weighted by Gasteiger charge is -2.23. The van der Waals surface area contributed by atoms with Gasteiger partial charge < -0.3 is 0 Å². The third-order valence-corrected chi connectivity index (χ3v) is 22.3. The van der Waals surface area contributed by atoms with Crippen LogP contribution in [0.5, 0.6) is 0 Å². The van der Waals surface area contributed by atoms with Gasteiger partial charge in [0.05, 0.1) is 82.0 Å². The zero-order valence-corrected chi connectivity index (χ0v) is 65.4. The lowest BCUT2D eigenvalue weighted by Crippen LogP contribution is -2.28. The number of thiazole rings is 5. The van der Waals surface area contributed by atoms with Crippen LogP contribution in [-0.2, 0) is 4.79 Å². The number of hydrogen-bond donors (Lipinski definition) is 0. The summed E-state index contributed by atoms with van der Waals surface area (Å²) in [7, 11) is 0. The van der Waals surface area contributed by atoms with Gasteiger partial charge in [-0.1, -0.05) is 252 Å². The van der Waals surface area contributed by atoms with Crippen molar-refractivity contribution in [2.75, 3.05) is 26.6 Å². The molecule has 19 heteroatoms. The molecular weight excluding hydrogens is 1380 g/mol. The summed E-state index contributed by atoms with van der Waals surface area (Å²) in [5.41, 5.74) is 19.0. The topological polar surface area (TPSA) is 144 Å². The Labute approximate surface area is 631 Å². The van der Waals surface area contributed by atoms with Crippen molar-refractivity contribution in [1.82, 2.24) is 24.9 Å². The molecule has 1 unspecified atom stereocenters. The van der Waals surface area contributed by atoms with Crippen molar-refractivity contribution in [1.29, 1.82) is 0 Å². The first kappa shape index (κ1) is 75.1. The van der Waals surface area contributed by atoms with E-state index in [1.54, 1.807) is 51.6 Å². The third-order valence-electron chi connectivity index (χ3n) is 17.2. The molecule has 0 aliphatic carbocycles. The van der Waals surface area contributed by atoms with Crippen LogP contribution in [0.3, 0.4) is 0 Å². The van der Waals surface area contributed by atoms with E-state index in [4.69, 9.17) is 35.2 Å². The van der Waals surface area contributed by atoms with E-state index in [0.29, 0.717) is 17.6 Å². The van der Waals surface area contributed by atoms with Gasteiger partial charge in [-0.25, -0.2) is 34.9 Å². The van der Waals surface area contributed by atoms with E-state index in [2.05, 4.69) is 199 Å². The number of fused-ring (bicyclic) bond motifs is 5. The summed E-state index contributed by atoms with van der Waals surface area (Å²) in [5.74, 6) is -0.0388. The minimum Gasteiger partial charge on any atom is -0.272 e. The van der Waals surface area contributed by atoms with Crippen LogP contribution >= 0.6 is 56.7 Å². The number of amides is 1. The fourth-order valence-corrected chi connectivity index (χ4v) is 15.9. The Bertz CT molecular complexity index is 5090. The molecule has 5 heterocycles. The number of unbranched alkanes of at least 4 members (excludes halogenated alkanes) is 2. The predicted molar refractivity (Wildman–Crippen MR) is 450 cm³/mol. The van der Waals surface area contributed by atoms with Crippen molar-refractivity contribution in [3.05, 3.63) is 261 Å². The molecule has 0 saturated heterocycles. The number of hydrogen-bond acceptors (Lipinski definition) is 18. The highest BCUT2D eigenvalue weighted by Crippen LogP contribution is 2.39. The average Bonchev–Trinajstić information content (AvgIpc) is 1.65. The number of para-hydroxylation sites is 5. The zero-order valence-electron chi connectivity index (χ0n) is 61.3. The lowest BCUT2D eigenvalue weighted by molar-refractivity contribution is -0.118. The quantitative estimate of drug-likeness (QED) is 0.0478. The zero-order chi connectivity index (χ0) is 73.1. The van der Waals surface area contributed by atoms with Gasteiger partial charge in [0.2, 0.25) is 31.6 Å². The molecule has 14 nitrogen and oxygen atoms in total. The molecule has 0 saturated carbocycles. The standard InChI is InChI=1S/C23H18N4S2.C22H27N3S.C20H21N3OS.C20H23N3S/c1-15-11-12-16(2)17(13-15)14-24-27(22-25-18-7-3-5-9-20(18)28-22)23-26-19-8-4-6-10-21(19)29-23;1-5-6-9-18(4)25(22-24-20-10-7-8-11-21(20)26-22)23-15-19-14-16(2)12-13-17(19)3;1-4-7-19(24)23(20-22-17-8-5-6-9-18(17)25-20)21-13-16-12-14(2)10-11-15(16)3;1-4-5-12-23(20-22-18-8-6-7-9-19(18)24-20)21-14-17-13-15(2)10-11-16(17)3/h3-14H,1-2H3;7-8,10-15,18H,5-6,9H2,1-4H3;5-6,8-13H,4,7H2,1-3H3;6-11,13-14H,4-5,12H2,1-3H3/b24-14+;23-15+;21-13+;21-14+. The molecule has 9 aromatic carbocycles. The minimum atomic E-state index is -0.0388. The summed E-state index contributed by atoms with van der Waals surface area (Å²) in [6.45, 7) is 26.3. The van der Waals surface area contributed by atoms with E-state index < -0.39 is 0 Å². The summed E-state index contributed by atoms with van der Waals surface area (Å²) in [6.07, 6.45) is 14.6. The molecule has 0 aliphatic rings. The number of rotatable bonds is 22. The molecule has 0 bridgehead atoms. The number of carbonyl (C=O) groups excluding carboxylic acids is 1. The largest absolute Gasteiger partial charge is 0.272 e. The Hall–Kier alpha value is -10.0. The number of hydrazone groups is 4. The van der Waals surface area contributed by atoms with E-state index in [1.165, 1.54) is 83.1 Å². The SMILES string of the molecule is CCCC(=O)N(/N=C/c1cc(C)ccc1C)c1nc2ccccc2s1.CCCCC(C)N(/N=C/c1cc(C)ccc1C)c1nc2ccccc2s1.CCCCN(/N=C/c1cc(C)ccc1C)c1nc2ccccc2s1.Cc1ccc(C)c(/C=N/N(c2nc3ccccc3s2)c2nc3ccccc3s2)c1. The van der Waals surface area contributed by atoms with Crippen LogP contribution in [-0.4, -0.2) is 68.3 Å². The lowest BCUT2D eigenvalue weighted by atomic mass is 10.1. The number of carbonyl (C=O) groups is 1. The molecule has 5 aromatic heterocycles. The van der Waals surface area contributed by atoms with Gasteiger partial charge in [-0.05, 0) is 187 Å². The smallest absolute Gasteiger partial charge is 0.249 e. The molecule has 14 aromatic rings. The maximum absolute atomic E-state index is 12.6. The van der Waals surface area contributed by atoms with Crippen molar-refractivity contribution in [2.45, 2.75) is 134 Å². The Morgan fingerprint density at radius 3 is 1.12 bits per heavy atom. The molecule has 14 rings (SSSR count). The second-order valence-corrected chi connectivity index (χ2v) is 30.9. The van der Waals surface area contributed by atoms with Gasteiger partial charge in [-0.15, -0.1) is 0 Å². The molecule has 0 aliphatic heterocycles. The number of aryl methyl sites for hydroxylation is 8. The van der Waals surface area contributed by atoms with Crippen LogP contribution < -0.4 is 20.0 Å². The first-order valence-corrected chi connectivity index (χ1v) is 39.5. The normalized spacial score (nSPS) is 11.8. The number of benzene rings is 9. The summed E-state index contributed by atoms with van der Waals surface area (Å²) in [6, 6.07) is 66.6. The second kappa shape index (κ2) is 36.4. The summed E-state index contributed by atoms with van der Waals surface area (Å²) >= 11 is 8.13. The molecule has 0 N–H and O–H groups in total. The third kappa shape index (κ3) is 19.8. The van der Waals surface area contributed by atoms with Gasteiger partial charge in [-0.2, -0.15) is 30.4 Å². The highest BCUT2D eigenvalue weighted by molar-refractivity contribution is 7.24. The second-order valence-electron chi connectivity index (χ2n) is 25.8.